The molecule has 5 rings (SSSR count). The Bertz CT molecular complexity index is 1320. The predicted octanol–water partition coefficient (Wildman–Crippen LogP) is 4.45. The molecule has 0 radical (unpaired) electrons. The van der Waals surface area contributed by atoms with E-state index in [1.54, 1.807) is 48.5 Å². The number of hydrogen-bond acceptors (Lipinski definition) is 7. The third-order valence-corrected chi connectivity index (χ3v) is 5.08. The second-order valence-electron chi connectivity index (χ2n) is 7.39. The molecule has 0 unspecified atom stereocenters. The molecule has 8 heteroatoms. The molecule has 33 heavy (non-hydrogen) atoms. The van der Waals surface area contributed by atoms with Crippen molar-refractivity contribution in [2.24, 2.45) is 0 Å². The number of rotatable bonds is 5. The minimum Gasteiger partial charge on any atom is -0.490 e. The summed E-state index contributed by atoms with van der Waals surface area (Å²) in [5, 5.41) is 3.34. The third kappa shape index (κ3) is 4.50. The van der Waals surface area contributed by atoms with Crippen LogP contribution in [0.25, 0.3) is 22.4 Å². The maximum atomic E-state index is 12.9. The Balaban J connectivity index is 1.30. The van der Waals surface area contributed by atoms with Gasteiger partial charge in [0, 0.05) is 23.6 Å². The molecule has 1 aliphatic rings. The van der Waals surface area contributed by atoms with Gasteiger partial charge >= 0.3 is 5.97 Å². The smallest absolute Gasteiger partial charge is 0.339 e. The second kappa shape index (κ2) is 9.04. The van der Waals surface area contributed by atoms with Crippen LogP contribution in [0.1, 0.15) is 16.8 Å². The molecule has 0 aliphatic carbocycles. The van der Waals surface area contributed by atoms with Crippen molar-refractivity contribution >= 4 is 28.5 Å². The summed E-state index contributed by atoms with van der Waals surface area (Å²) >= 11 is 0. The first-order chi connectivity index (χ1) is 16.2. The number of esters is 1. The van der Waals surface area contributed by atoms with E-state index >= 15 is 0 Å². The topological polar surface area (TPSA) is 99.9 Å². The first kappa shape index (κ1) is 20.6. The molecule has 4 aromatic rings. The van der Waals surface area contributed by atoms with E-state index in [1.165, 1.54) is 6.26 Å². The number of carbonyl (C=O) groups is 2. The van der Waals surface area contributed by atoms with Crippen molar-refractivity contribution in [1.29, 1.82) is 0 Å². The number of anilines is 1. The van der Waals surface area contributed by atoms with Crippen LogP contribution in [-0.2, 0) is 9.53 Å². The first-order valence-corrected chi connectivity index (χ1v) is 10.5. The van der Waals surface area contributed by atoms with Crippen LogP contribution >= 0.6 is 0 Å². The highest BCUT2D eigenvalue weighted by atomic mass is 16.5. The van der Waals surface area contributed by atoms with E-state index in [1.807, 2.05) is 12.1 Å². The molecule has 1 N–H and O–H groups in total. The largest absolute Gasteiger partial charge is 0.490 e. The summed E-state index contributed by atoms with van der Waals surface area (Å²) in [6, 6.07) is 17.5. The van der Waals surface area contributed by atoms with Crippen LogP contribution in [-0.4, -0.2) is 36.7 Å². The van der Waals surface area contributed by atoms with E-state index in [9.17, 15) is 9.59 Å². The number of carbonyl (C=O) groups excluding carboxylic acids is 2. The molecule has 0 bridgehead atoms. The normalized spacial score (nSPS) is 12.7. The summed E-state index contributed by atoms with van der Waals surface area (Å²) in [5.41, 5.74) is 1.95. The second-order valence-corrected chi connectivity index (χ2v) is 7.39. The molecule has 2 aromatic carbocycles. The van der Waals surface area contributed by atoms with Crippen LogP contribution in [0.2, 0.25) is 0 Å². The Hall–Kier alpha value is -4.33. The third-order valence-electron chi connectivity index (χ3n) is 5.08. The van der Waals surface area contributed by atoms with Gasteiger partial charge in [0.15, 0.2) is 23.9 Å². The fraction of sp³-hybridized carbons (Fsp3) is 0.160. The molecule has 8 nitrogen and oxygen atoms in total. The quantitative estimate of drug-likeness (QED) is 0.454. The molecule has 0 atom stereocenters. The van der Waals surface area contributed by atoms with Gasteiger partial charge in [-0.1, -0.05) is 18.2 Å². The van der Waals surface area contributed by atoms with Crippen LogP contribution in [0.3, 0.4) is 0 Å². The molecule has 1 aliphatic heterocycles. The maximum Gasteiger partial charge on any atom is 0.339 e. The Morgan fingerprint density at radius 2 is 1.82 bits per heavy atom. The monoisotopic (exact) mass is 444 g/mol. The van der Waals surface area contributed by atoms with Crippen molar-refractivity contribution in [3.05, 3.63) is 72.5 Å². The van der Waals surface area contributed by atoms with Gasteiger partial charge in [0.25, 0.3) is 5.91 Å². The number of aromatic nitrogens is 1. The van der Waals surface area contributed by atoms with Gasteiger partial charge in [-0.25, -0.2) is 9.78 Å². The van der Waals surface area contributed by atoms with E-state index in [0.717, 1.165) is 6.42 Å². The lowest BCUT2D eigenvalue weighted by molar-refractivity contribution is -0.119. The van der Waals surface area contributed by atoms with E-state index in [-0.39, 0.29) is 0 Å². The SMILES string of the molecule is O=C(COC(=O)c1cc(-c2ccco2)nc2ccccc12)Nc1ccc2c(c1)OCCCO2. The molecule has 3 heterocycles. The highest BCUT2D eigenvalue weighted by Gasteiger charge is 2.18. The van der Waals surface area contributed by atoms with Crippen molar-refractivity contribution in [3.8, 4) is 23.0 Å². The van der Waals surface area contributed by atoms with Crippen LogP contribution in [0.4, 0.5) is 5.69 Å². The average Bonchev–Trinajstić information content (AvgIpc) is 3.28. The fourth-order valence-electron chi connectivity index (χ4n) is 3.54. The van der Waals surface area contributed by atoms with Gasteiger partial charge < -0.3 is 23.9 Å². The Morgan fingerprint density at radius 3 is 2.67 bits per heavy atom. The Kier molecular flexibility index (Phi) is 5.63. The van der Waals surface area contributed by atoms with Gasteiger partial charge in [-0.15, -0.1) is 0 Å². The molecule has 0 saturated carbocycles. The zero-order valence-corrected chi connectivity index (χ0v) is 17.6. The zero-order valence-electron chi connectivity index (χ0n) is 17.6. The summed E-state index contributed by atoms with van der Waals surface area (Å²) in [5.74, 6) is 0.629. The summed E-state index contributed by atoms with van der Waals surface area (Å²) in [4.78, 5) is 29.8. The lowest BCUT2D eigenvalue weighted by Gasteiger charge is -2.11. The molecule has 2 aromatic heterocycles. The summed E-state index contributed by atoms with van der Waals surface area (Å²) < 4.78 is 22.0. The van der Waals surface area contributed by atoms with Crippen molar-refractivity contribution in [1.82, 2.24) is 4.98 Å². The molecular formula is C25H20N2O6. The number of amides is 1. The number of furan rings is 1. The zero-order chi connectivity index (χ0) is 22.6. The van der Waals surface area contributed by atoms with Gasteiger partial charge in [0.2, 0.25) is 0 Å². The lowest BCUT2D eigenvalue weighted by Crippen LogP contribution is -2.21. The van der Waals surface area contributed by atoms with E-state index < -0.39 is 18.5 Å². The van der Waals surface area contributed by atoms with Gasteiger partial charge in [-0.3, -0.25) is 4.79 Å². The Morgan fingerprint density at radius 1 is 0.970 bits per heavy atom. The number of para-hydroxylation sites is 1. The van der Waals surface area contributed by atoms with E-state index in [4.69, 9.17) is 18.6 Å². The number of ether oxygens (including phenoxy) is 3. The van der Waals surface area contributed by atoms with Crippen molar-refractivity contribution < 1.29 is 28.2 Å². The highest BCUT2D eigenvalue weighted by Crippen LogP contribution is 2.32. The molecule has 0 saturated heterocycles. The van der Waals surface area contributed by atoms with Crippen LogP contribution < -0.4 is 14.8 Å². The summed E-state index contributed by atoms with van der Waals surface area (Å²) in [6.45, 7) is 0.682. The van der Waals surface area contributed by atoms with E-state index in [2.05, 4.69) is 10.3 Å². The van der Waals surface area contributed by atoms with Crippen LogP contribution in [0.15, 0.2) is 71.3 Å². The van der Waals surface area contributed by atoms with Gasteiger partial charge in [0.05, 0.1) is 30.6 Å². The van der Waals surface area contributed by atoms with Gasteiger partial charge in [0.1, 0.15) is 5.69 Å². The Labute approximate surface area is 189 Å². The predicted molar refractivity (Wildman–Crippen MR) is 120 cm³/mol. The molecule has 0 fully saturated rings. The number of pyridine rings is 1. The van der Waals surface area contributed by atoms with Crippen LogP contribution in [0.5, 0.6) is 11.5 Å². The number of nitrogens with one attached hydrogen (secondary N) is 1. The van der Waals surface area contributed by atoms with Crippen molar-refractivity contribution in [2.45, 2.75) is 6.42 Å². The number of benzene rings is 2. The minimum atomic E-state index is -0.629. The summed E-state index contributed by atoms with van der Waals surface area (Å²) in [6.07, 6.45) is 2.33. The lowest BCUT2D eigenvalue weighted by atomic mass is 10.1. The van der Waals surface area contributed by atoms with Crippen LogP contribution in [0, 0.1) is 0 Å². The molecule has 0 spiro atoms. The van der Waals surface area contributed by atoms with Gasteiger partial charge in [-0.2, -0.15) is 0 Å². The number of fused-ring (bicyclic) bond motifs is 2. The van der Waals surface area contributed by atoms with Crippen molar-refractivity contribution in [3.63, 3.8) is 0 Å². The first-order valence-electron chi connectivity index (χ1n) is 10.5. The molecule has 166 valence electrons. The van der Waals surface area contributed by atoms with E-state index in [0.29, 0.717) is 58.3 Å². The maximum absolute atomic E-state index is 12.9. The average molecular weight is 444 g/mol. The highest BCUT2D eigenvalue weighted by molar-refractivity contribution is 6.05. The molecular weight excluding hydrogens is 424 g/mol. The standard InChI is InChI=1S/C25H20N2O6/c28-24(26-16-8-9-22-23(13-16)32-12-4-11-31-22)15-33-25(29)18-14-20(21-7-3-10-30-21)27-19-6-2-1-5-17(18)19/h1-3,5-10,13-14H,4,11-12,15H2,(H,26,28). The number of hydrogen-bond donors (Lipinski definition) is 1. The minimum absolute atomic E-state index is 0.301. The fourth-order valence-corrected chi connectivity index (χ4v) is 3.54. The summed E-state index contributed by atoms with van der Waals surface area (Å²) in [7, 11) is 0. The van der Waals surface area contributed by atoms with Gasteiger partial charge in [-0.05, 0) is 36.4 Å². The number of nitrogens with zero attached hydrogens (tertiary/aromatic N) is 1. The molecule has 1 amide bonds. The van der Waals surface area contributed by atoms with Crippen molar-refractivity contribution in [2.75, 3.05) is 25.1 Å².